The minimum atomic E-state index is -4.47. The standard InChI is InChI=1S/C8H7F3N2O2/c9-8(10,11)4-15-6-3-13-2-1-5(6)7(12)14/h1-3H,4H2,(H2,12,14). The molecule has 2 N–H and O–H groups in total. The number of hydrogen-bond acceptors (Lipinski definition) is 3. The molecule has 4 nitrogen and oxygen atoms in total. The summed E-state index contributed by atoms with van der Waals surface area (Å²) in [5, 5.41) is 0. The van der Waals surface area contributed by atoms with Gasteiger partial charge in [0.2, 0.25) is 0 Å². The minimum Gasteiger partial charge on any atom is -0.482 e. The second-order valence-electron chi connectivity index (χ2n) is 2.64. The van der Waals surface area contributed by atoms with E-state index in [0.29, 0.717) is 0 Å². The fraction of sp³-hybridized carbons (Fsp3) is 0.250. The Morgan fingerprint density at radius 2 is 2.20 bits per heavy atom. The number of alkyl halides is 3. The highest BCUT2D eigenvalue weighted by Gasteiger charge is 2.29. The fourth-order valence-corrected chi connectivity index (χ4v) is 0.858. The van der Waals surface area contributed by atoms with Gasteiger partial charge >= 0.3 is 6.18 Å². The van der Waals surface area contributed by atoms with Crippen LogP contribution in [-0.4, -0.2) is 23.7 Å². The highest BCUT2D eigenvalue weighted by atomic mass is 19.4. The number of aromatic nitrogens is 1. The van der Waals surface area contributed by atoms with Gasteiger partial charge in [0, 0.05) is 6.20 Å². The van der Waals surface area contributed by atoms with Gasteiger partial charge in [-0.15, -0.1) is 0 Å². The molecule has 0 unspecified atom stereocenters. The molecule has 1 aromatic rings. The van der Waals surface area contributed by atoms with Crippen molar-refractivity contribution in [2.75, 3.05) is 6.61 Å². The molecule has 0 radical (unpaired) electrons. The lowest BCUT2D eigenvalue weighted by Gasteiger charge is -2.10. The van der Waals surface area contributed by atoms with Crippen LogP contribution in [0, 0.1) is 0 Å². The Hall–Kier alpha value is -1.79. The molecule has 82 valence electrons. The smallest absolute Gasteiger partial charge is 0.422 e. The number of nitrogens with zero attached hydrogens (tertiary/aromatic N) is 1. The van der Waals surface area contributed by atoms with Crippen LogP contribution < -0.4 is 10.5 Å². The number of carbonyl (C=O) groups excluding carboxylic acids is 1. The van der Waals surface area contributed by atoms with Crippen LogP contribution >= 0.6 is 0 Å². The molecule has 15 heavy (non-hydrogen) atoms. The summed E-state index contributed by atoms with van der Waals surface area (Å²) >= 11 is 0. The van der Waals surface area contributed by atoms with Crippen molar-refractivity contribution in [2.24, 2.45) is 5.73 Å². The molecule has 0 spiro atoms. The van der Waals surface area contributed by atoms with Crippen LogP contribution in [-0.2, 0) is 0 Å². The quantitative estimate of drug-likeness (QED) is 0.830. The van der Waals surface area contributed by atoms with Gasteiger partial charge in [-0.25, -0.2) is 0 Å². The van der Waals surface area contributed by atoms with Crippen molar-refractivity contribution in [3.8, 4) is 5.75 Å². The first-order chi connectivity index (χ1) is 6.90. The van der Waals surface area contributed by atoms with Gasteiger partial charge in [-0.05, 0) is 6.07 Å². The summed E-state index contributed by atoms with van der Waals surface area (Å²) in [5.41, 5.74) is 4.80. The molecule has 0 saturated carbocycles. The molecule has 0 aliphatic carbocycles. The van der Waals surface area contributed by atoms with E-state index in [1.807, 2.05) is 0 Å². The van der Waals surface area contributed by atoms with E-state index in [1.165, 1.54) is 12.3 Å². The number of ether oxygens (including phenoxy) is 1. The lowest BCUT2D eigenvalue weighted by Crippen LogP contribution is -2.21. The zero-order chi connectivity index (χ0) is 11.5. The van der Waals surface area contributed by atoms with E-state index in [0.717, 1.165) is 6.20 Å². The third-order valence-electron chi connectivity index (χ3n) is 1.44. The number of halogens is 3. The number of amides is 1. The van der Waals surface area contributed by atoms with E-state index >= 15 is 0 Å². The van der Waals surface area contributed by atoms with Crippen molar-refractivity contribution in [1.82, 2.24) is 4.98 Å². The van der Waals surface area contributed by atoms with Gasteiger partial charge in [-0.1, -0.05) is 0 Å². The molecule has 0 aliphatic rings. The van der Waals surface area contributed by atoms with Crippen LogP contribution in [0.25, 0.3) is 0 Å². The van der Waals surface area contributed by atoms with Crippen LogP contribution in [0.4, 0.5) is 13.2 Å². The Bertz CT molecular complexity index is 365. The Morgan fingerprint density at radius 3 is 2.73 bits per heavy atom. The topological polar surface area (TPSA) is 65.2 Å². The fourth-order valence-electron chi connectivity index (χ4n) is 0.858. The second kappa shape index (κ2) is 4.16. The summed E-state index contributed by atoms with van der Waals surface area (Å²) in [5.74, 6) is -1.14. The summed E-state index contributed by atoms with van der Waals surface area (Å²) in [6.45, 7) is -1.49. The largest absolute Gasteiger partial charge is 0.482 e. The Morgan fingerprint density at radius 1 is 1.53 bits per heavy atom. The van der Waals surface area contributed by atoms with E-state index in [9.17, 15) is 18.0 Å². The van der Waals surface area contributed by atoms with Gasteiger partial charge in [-0.2, -0.15) is 13.2 Å². The van der Waals surface area contributed by atoms with Crippen molar-refractivity contribution >= 4 is 5.91 Å². The predicted octanol–water partition coefficient (Wildman–Crippen LogP) is 1.12. The van der Waals surface area contributed by atoms with Crippen molar-refractivity contribution in [1.29, 1.82) is 0 Å². The normalized spacial score (nSPS) is 11.1. The summed E-state index contributed by atoms with van der Waals surface area (Å²) < 4.78 is 39.8. The molecule has 1 heterocycles. The average Bonchev–Trinajstić information content (AvgIpc) is 2.14. The highest BCUT2D eigenvalue weighted by Crippen LogP contribution is 2.20. The second-order valence-corrected chi connectivity index (χ2v) is 2.64. The molecular formula is C8H7F3N2O2. The molecule has 0 aromatic carbocycles. The van der Waals surface area contributed by atoms with Crippen LogP contribution in [0.3, 0.4) is 0 Å². The van der Waals surface area contributed by atoms with Crippen molar-refractivity contribution in [3.63, 3.8) is 0 Å². The summed E-state index contributed by atoms with van der Waals surface area (Å²) in [7, 11) is 0. The summed E-state index contributed by atoms with van der Waals surface area (Å²) in [4.78, 5) is 14.3. The zero-order valence-corrected chi connectivity index (χ0v) is 7.41. The first kappa shape index (κ1) is 11.3. The summed E-state index contributed by atoms with van der Waals surface area (Å²) in [6.07, 6.45) is -2.23. The molecule has 0 atom stereocenters. The lowest BCUT2D eigenvalue weighted by molar-refractivity contribution is -0.153. The molecule has 1 rings (SSSR count). The van der Waals surface area contributed by atoms with Gasteiger partial charge in [0.25, 0.3) is 5.91 Å². The summed E-state index contributed by atoms with van der Waals surface area (Å²) in [6, 6.07) is 1.19. The zero-order valence-electron chi connectivity index (χ0n) is 7.41. The molecular weight excluding hydrogens is 213 g/mol. The molecule has 0 aliphatic heterocycles. The molecule has 7 heteroatoms. The van der Waals surface area contributed by atoms with Gasteiger partial charge in [0.1, 0.15) is 0 Å². The van der Waals surface area contributed by atoms with Crippen LogP contribution in [0.15, 0.2) is 18.5 Å². The first-order valence-corrected chi connectivity index (χ1v) is 3.83. The van der Waals surface area contributed by atoms with E-state index in [1.54, 1.807) is 0 Å². The van der Waals surface area contributed by atoms with Crippen molar-refractivity contribution < 1.29 is 22.7 Å². The van der Waals surface area contributed by atoms with E-state index < -0.39 is 18.7 Å². The van der Waals surface area contributed by atoms with Gasteiger partial charge in [0.15, 0.2) is 12.4 Å². The maximum Gasteiger partial charge on any atom is 0.422 e. The molecule has 0 fully saturated rings. The third-order valence-corrected chi connectivity index (χ3v) is 1.44. The minimum absolute atomic E-state index is 0.130. The van der Waals surface area contributed by atoms with Crippen molar-refractivity contribution in [3.05, 3.63) is 24.0 Å². The average molecular weight is 220 g/mol. The highest BCUT2D eigenvalue weighted by molar-refractivity contribution is 5.95. The Balaban J connectivity index is 2.81. The van der Waals surface area contributed by atoms with Crippen LogP contribution in [0.2, 0.25) is 0 Å². The first-order valence-electron chi connectivity index (χ1n) is 3.83. The molecule has 0 saturated heterocycles. The predicted molar refractivity (Wildman–Crippen MR) is 44.3 cm³/mol. The number of hydrogen-bond donors (Lipinski definition) is 1. The number of pyridine rings is 1. The monoisotopic (exact) mass is 220 g/mol. The number of nitrogens with two attached hydrogens (primary N) is 1. The lowest BCUT2D eigenvalue weighted by atomic mass is 10.2. The van der Waals surface area contributed by atoms with Crippen molar-refractivity contribution in [2.45, 2.75) is 6.18 Å². The Labute approximate surface area is 82.9 Å². The van der Waals surface area contributed by atoms with Crippen LogP contribution in [0.5, 0.6) is 5.75 Å². The molecule has 1 amide bonds. The maximum atomic E-state index is 11.8. The number of rotatable bonds is 3. The van der Waals surface area contributed by atoms with E-state index in [4.69, 9.17) is 5.73 Å². The third kappa shape index (κ3) is 3.45. The van der Waals surface area contributed by atoms with Gasteiger partial charge < -0.3 is 10.5 Å². The van der Waals surface area contributed by atoms with Crippen LogP contribution in [0.1, 0.15) is 10.4 Å². The van der Waals surface area contributed by atoms with Gasteiger partial charge in [-0.3, -0.25) is 9.78 Å². The number of primary amides is 1. The Kier molecular flexibility index (Phi) is 3.13. The number of carbonyl (C=O) groups is 1. The van der Waals surface area contributed by atoms with E-state index in [-0.39, 0.29) is 11.3 Å². The molecule has 1 aromatic heterocycles. The van der Waals surface area contributed by atoms with Gasteiger partial charge in [0.05, 0.1) is 11.8 Å². The maximum absolute atomic E-state index is 11.8. The van der Waals surface area contributed by atoms with E-state index in [2.05, 4.69) is 9.72 Å². The SMILES string of the molecule is NC(=O)c1ccncc1OCC(F)(F)F. The molecule has 0 bridgehead atoms.